The first-order valence-electron chi connectivity index (χ1n) is 7.50. The van der Waals surface area contributed by atoms with Crippen LogP contribution in [0, 0.1) is 16.7 Å². The second kappa shape index (κ2) is 6.28. The maximum atomic E-state index is 11.6. The molecule has 21 heavy (non-hydrogen) atoms. The van der Waals surface area contributed by atoms with Crippen LogP contribution in [-0.4, -0.2) is 29.1 Å². The first-order valence-corrected chi connectivity index (χ1v) is 7.50. The number of carbonyl (C=O) groups is 1. The van der Waals surface area contributed by atoms with Crippen LogP contribution in [0.3, 0.4) is 0 Å². The van der Waals surface area contributed by atoms with Gasteiger partial charge >= 0.3 is 5.97 Å². The van der Waals surface area contributed by atoms with Gasteiger partial charge in [-0.3, -0.25) is 9.69 Å². The van der Waals surface area contributed by atoms with Crippen molar-refractivity contribution in [2.24, 2.45) is 5.41 Å². The Morgan fingerprint density at radius 1 is 1.48 bits per heavy atom. The van der Waals surface area contributed by atoms with E-state index in [4.69, 9.17) is 5.26 Å². The normalized spacial score (nSPS) is 23.7. The maximum absolute atomic E-state index is 11.6. The summed E-state index contributed by atoms with van der Waals surface area (Å²) < 4.78 is 0. The third-order valence-electron chi connectivity index (χ3n) is 4.64. The molecule has 0 aromatic heterocycles. The van der Waals surface area contributed by atoms with E-state index in [1.54, 1.807) is 0 Å². The lowest BCUT2D eigenvalue weighted by atomic mass is 9.82. The Hall–Kier alpha value is -1.86. The summed E-state index contributed by atoms with van der Waals surface area (Å²) in [5, 5.41) is 18.4. The van der Waals surface area contributed by atoms with E-state index in [-0.39, 0.29) is 6.04 Å². The van der Waals surface area contributed by atoms with E-state index in [0.717, 1.165) is 31.4 Å². The first kappa shape index (κ1) is 15.5. The number of hydrogen-bond acceptors (Lipinski definition) is 3. The second-order valence-electron chi connectivity index (χ2n) is 5.97. The molecule has 4 nitrogen and oxygen atoms in total. The number of rotatable bonds is 5. The summed E-state index contributed by atoms with van der Waals surface area (Å²) >= 11 is 0. The Bertz CT molecular complexity index is 547. The molecule has 0 spiro atoms. The molecule has 1 aromatic rings. The molecule has 0 aliphatic carbocycles. The molecule has 2 rings (SSSR count). The summed E-state index contributed by atoms with van der Waals surface area (Å²) in [6.45, 7) is 5.56. The molecule has 2 unspecified atom stereocenters. The molecule has 1 aliphatic heterocycles. The van der Waals surface area contributed by atoms with Crippen LogP contribution in [0.4, 0.5) is 0 Å². The summed E-state index contributed by atoms with van der Waals surface area (Å²) in [6.07, 6.45) is 2.35. The predicted octanol–water partition coefficient (Wildman–Crippen LogP) is 3.20. The molecule has 2 atom stereocenters. The Kier molecular flexibility index (Phi) is 4.64. The summed E-state index contributed by atoms with van der Waals surface area (Å²) in [4.78, 5) is 13.9. The van der Waals surface area contributed by atoms with E-state index in [2.05, 4.69) is 17.9 Å². The van der Waals surface area contributed by atoms with Gasteiger partial charge in [0.2, 0.25) is 0 Å². The molecule has 1 aliphatic rings. The van der Waals surface area contributed by atoms with Crippen LogP contribution in [0.15, 0.2) is 24.3 Å². The highest BCUT2D eigenvalue weighted by molar-refractivity contribution is 5.75. The summed E-state index contributed by atoms with van der Waals surface area (Å²) in [6, 6.07) is 9.85. The number of hydrogen-bond donors (Lipinski definition) is 1. The van der Waals surface area contributed by atoms with Crippen LogP contribution in [0.2, 0.25) is 0 Å². The van der Waals surface area contributed by atoms with Crippen molar-refractivity contribution in [2.45, 2.75) is 39.2 Å². The second-order valence-corrected chi connectivity index (χ2v) is 5.97. The average Bonchev–Trinajstić information content (AvgIpc) is 2.93. The van der Waals surface area contributed by atoms with Gasteiger partial charge in [-0.1, -0.05) is 25.5 Å². The lowest BCUT2D eigenvalue weighted by Crippen LogP contribution is -2.35. The van der Waals surface area contributed by atoms with Crippen molar-refractivity contribution in [3.8, 4) is 6.07 Å². The van der Waals surface area contributed by atoms with Crippen LogP contribution in [0.5, 0.6) is 0 Å². The molecular weight excluding hydrogens is 264 g/mol. The molecule has 1 saturated heterocycles. The highest BCUT2D eigenvalue weighted by atomic mass is 16.4. The molecule has 1 aromatic carbocycles. The molecule has 4 heteroatoms. The monoisotopic (exact) mass is 286 g/mol. The van der Waals surface area contributed by atoms with Crippen molar-refractivity contribution in [2.75, 3.05) is 13.1 Å². The van der Waals surface area contributed by atoms with Gasteiger partial charge in [0, 0.05) is 12.6 Å². The topological polar surface area (TPSA) is 64.3 Å². The van der Waals surface area contributed by atoms with Crippen LogP contribution >= 0.6 is 0 Å². The fourth-order valence-corrected chi connectivity index (χ4v) is 3.25. The average molecular weight is 286 g/mol. The van der Waals surface area contributed by atoms with Crippen LogP contribution in [0.1, 0.15) is 50.3 Å². The van der Waals surface area contributed by atoms with Crippen molar-refractivity contribution in [1.29, 1.82) is 5.26 Å². The van der Waals surface area contributed by atoms with Crippen molar-refractivity contribution < 1.29 is 9.90 Å². The molecule has 1 heterocycles. The minimum absolute atomic E-state index is 0.177. The number of nitriles is 1. The SMILES string of the molecule is CCCC1(C(=O)O)CCN(C(C)c2ccc(C#N)cc2)C1. The van der Waals surface area contributed by atoms with E-state index in [1.807, 2.05) is 31.2 Å². The summed E-state index contributed by atoms with van der Waals surface area (Å²) in [5.41, 5.74) is 1.19. The van der Waals surface area contributed by atoms with Gasteiger partial charge in [0.05, 0.1) is 17.0 Å². The lowest BCUT2D eigenvalue weighted by Gasteiger charge is -2.28. The van der Waals surface area contributed by atoms with E-state index in [9.17, 15) is 9.90 Å². The highest BCUT2D eigenvalue weighted by Gasteiger charge is 2.45. The van der Waals surface area contributed by atoms with Gasteiger partial charge in [0.1, 0.15) is 0 Å². The zero-order chi connectivity index (χ0) is 15.5. The van der Waals surface area contributed by atoms with Crippen LogP contribution < -0.4 is 0 Å². The van der Waals surface area contributed by atoms with E-state index in [1.165, 1.54) is 0 Å². The minimum Gasteiger partial charge on any atom is -0.481 e. The molecule has 0 saturated carbocycles. The van der Waals surface area contributed by atoms with Gasteiger partial charge in [-0.25, -0.2) is 0 Å². The van der Waals surface area contributed by atoms with Crippen molar-refractivity contribution >= 4 is 5.97 Å². The van der Waals surface area contributed by atoms with Gasteiger partial charge in [-0.2, -0.15) is 5.26 Å². The first-order chi connectivity index (χ1) is 10.0. The number of carboxylic acids is 1. The molecule has 112 valence electrons. The zero-order valence-corrected chi connectivity index (χ0v) is 12.7. The van der Waals surface area contributed by atoms with Gasteiger partial charge < -0.3 is 5.11 Å². The molecule has 0 bridgehead atoms. The zero-order valence-electron chi connectivity index (χ0n) is 12.7. The van der Waals surface area contributed by atoms with Crippen molar-refractivity contribution in [1.82, 2.24) is 4.90 Å². The fourth-order valence-electron chi connectivity index (χ4n) is 3.25. The molecular formula is C17H22N2O2. The Balaban J connectivity index is 2.12. The minimum atomic E-state index is -0.668. The lowest BCUT2D eigenvalue weighted by molar-refractivity contribution is -0.148. The molecule has 0 radical (unpaired) electrons. The Morgan fingerprint density at radius 3 is 2.67 bits per heavy atom. The van der Waals surface area contributed by atoms with Crippen LogP contribution in [0.25, 0.3) is 0 Å². The number of aliphatic carboxylic acids is 1. The number of likely N-dealkylation sites (tertiary alicyclic amines) is 1. The number of nitrogens with zero attached hydrogens (tertiary/aromatic N) is 2. The highest BCUT2D eigenvalue weighted by Crippen LogP contribution is 2.39. The summed E-state index contributed by atoms with van der Waals surface area (Å²) in [7, 11) is 0. The standard InChI is InChI=1S/C17H22N2O2/c1-3-8-17(16(20)21)9-10-19(12-17)13(2)15-6-4-14(11-18)5-7-15/h4-7,13H,3,8-10,12H2,1-2H3,(H,20,21). The van der Waals surface area contributed by atoms with Gasteiger partial charge in [-0.15, -0.1) is 0 Å². The largest absolute Gasteiger partial charge is 0.481 e. The Labute approximate surface area is 126 Å². The Morgan fingerprint density at radius 2 is 2.14 bits per heavy atom. The predicted molar refractivity (Wildman–Crippen MR) is 80.7 cm³/mol. The quantitative estimate of drug-likeness (QED) is 0.902. The van der Waals surface area contributed by atoms with Gasteiger partial charge in [0.15, 0.2) is 0 Å². The number of benzene rings is 1. The van der Waals surface area contributed by atoms with Crippen molar-refractivity contribution in [3.63, 3.8) is 0 Å². The van der Waals surface area contributed by atoms with Gasteiger partial charge in [-0.05, 0) is 44.0 Å². The third-order valence-corrected chi connectivity index (χ3v) is 4.64. The van der Waals surface area contributed by atoms with E-state index in [0.29, 0.717) is 12.1 Å². The maximum Gasteiger partial charge on any atom is 0.310 e. The van der Waals surface area contributed by atoms with E-state index < -0.39 is 11.4 Å². The molecule has 1 fully saturated rings. The van der Waals surface area contributed by atoms with Crippen LogP contribution in [-0.2, 0) is 4.79 Å². The smallest absolute Gasteiger partial charge is 0.310 e. The van der Waals surface area contributed by atoms with Crippen molar-refractivity contribution in [3.05, 3.63) is 35.4 Å². The fraction of sp³-hybridized carbons (Fsp3) is 0.529. The van der Waals surface area contributed by atoms with E-state index >= 15 is 0 Å². The molecule has 0 amide bonds. The van der Waals surface area contributed by atoms with Gasteiger partial charge in [0.25, 0.3) is 0 Å². The summed E-state index contributed by atoms with van der Waals surface area (Å²) in [5.74, 6) is -0.668. The molecule has 1 N–H and O–H groups in total. The third kappa shape index (κ3) is 3.08. The number of carboxylic acid groups (broad SMARTS) is 1.